The van der Waals surface area contributed by atoms with Crippen molar-refractivity contribution >= 4 is 17.5 Å². The molecule has 2 atom stereocenters. The van der Waals surface area contributed by atoms with E-state index in [2.05, 4.69) is 4.90 Å². The molecule has 4 rings (SSSR count). The number of rotatable bonds is 8. The van der Waals surface area contributed by atoms with Crippen LogP contribution in [0.3, 0.4) is 0 Å². The van der Waals surface area contributed by atoms with Crippen LogP contribution in [-0.4, -0.2) is 80.9 Å². The van der Waals surface area contributed by atoms with Crippen LogP contribution >= 0.6 is 0 Å². The third kappa shape index (κ3) is 4.62. The average Bonchev–Trinajstić information content (AvgIpc) is 3.12. The highest BCUT2D eigenvalue weighted by Gasteiger charge is 2.52. The molecule has 174 valence electrons. The van der Waals surface area contributed by atoms with Crippen LogP contribution in [0.15, 0.2) is 48.5 Å². The number of nitrogens with zero attached hydrogens (tertiary/aromatic N) is 2. The van der Waals surface area contributed by atoms with Crippen LogP contribution in [-0.2, 0) is 14.3 Å². The molecular formula is C25H28N2O6. The Morgan fingerprint density at radius 2 is 1.73 bits per heavy atom. The first-order chi connectivity index (χ1) is 16.0. The Hall–Kier alpha value is -3.23. The van der Waals surface area contributed by atoms with E-state index in [-0.39, 0.29) is 5.78 Å². The Balaban J connectivity index is 1.74. The van der Waals surface area contributed by atoms with E-state index in [4.69, 9.17) is 14.2 Å². The highest BCUT2D eigenvalue weighted by Crippen LogP contribution is 2.43. The fraction of sp³-hybridized carbons (Fsp3) is 0.400. The fourth-order valence-electron chi connectivity index (χ4n) is 4.50. The Morgan fingerprint density at radius 3 is 2.39 bits per heavy atom. The monoisotopic (exact) mass is 452 g/mol. The van der Waals surface area contributed by atoms with Crippen molar-refractivity contribution in [2.45, 2.75) is 6.04 Å². The summed E-state index contributed by atoms with van der Waals surface area (Å²) in [4.78, 5) is 43.6. The van der Waals surface area contributed by atoms with Crippen molar-refractivity contribution < 1.29 is 28.6 Å². The van der Waals surface area contributed by atoms with E-state index in [1.807, 2.05) is 0 Å². The van der Waals surface area contributed by atoms with Crippen LogP contribution in [0.25, 0.3) is 0 Å². The molecule has 0 saturated carbocycles. The molecule has 0 radical (unpaired) electrons. The standard InChI is InChI=1S/C25H28N2O6/c1-31-18-8-9-20(32-2)19(16-18)22-21(23(28)17-6-4-3-5-7-17)24(29)25(30)27(22)11-10-26-12-14-33-15-13-26/h3-9,16,21-22H,10-15H2,1-2H3. The molecule has 2 saturated heterocycles. The second kappa shape index (κ2) is 10.1. The molecule has 2 aromatic carbocycles. The first-order valence-corrected chi connectivity index (χ1v) is 11.0. The maximum Gasteiger partial charge on any atom is 0.291 e. The van der Waals surface area contributed by atoms with Crippen LogP contribution in [0.4, 0.5) is 0 Å². The normalized spacial score (nSPS) is 21.3. The maximum absolute atomic E-state index is 13.5. The predicted octanol–water partition coefficient (Wildman–Crippen LogP) is 1.99. The van der Waals surface area contributed by atoms with E-state index >= 15 is 0 Å². The largest absolute Gasteiger partial charge is 0.497 e. The van der Waals surface area contributed by atoms with E-state index in [9.17, 15) is 14.4 Å². The smallest absolute Gasteiger partial charge is 0.291 e. The molecule has 0 bridgehead atoms. The molecule has 8 nitrogen and oxygen atoms in total. The molecule has 2 aromatic rings. The van der Waals surface area contributed by atoms with Gasteiger partial charge in [0.25, 0.3) is 5.91 Å². The number of ether oxygens (including phenoxy) is 3. The van der Waals surface area contributed by atoms with E-state index < -0.39 is 23.7 Å². The Kier molecular flexibility index (Phi) is 7.05. The van der Waals surface area contributed by atoms with Gasteiger partial charge in [0.05, 0.1) is 33.5 Å². The van der Waals surface area contributed by atoms with Gasteiger partial charge < -0.3 is 19.1 Å². The summed E-state index contributed by atoms with van der Waals surface area (Å²) in [5, 5.41) is 0. The summed E-state index contributed by atoms with van der Waals surface area (Å²) in [6.07, 6.45) is 0. The number of morpholine rings is 1. The zero-order chi connectivity index (χ0) is 23.4. The number of Topliss-reactive ketones (excluding diaryl/α,β-unsaturated/α-hetero) is 2. The Bertz CT molecular complexity index is 1020. The Labute approximate surface area is 193 Å². The van der Waals surface area contributed by atoms with Gasteiger partial charge in [-0.3, -0.25) is 19.3 Å². The lowest BCUT2D eigenvalue weighted by Gasteiger charge is -2.32. The van der Waals surface area contributed by atoms with Gasteiger partial charge in [-0.1, -0.05) is 30.3 Å². The number of likely N-dealkylation sites (tertiary alicyclic amines) is 1. The van der Waals surface area contributed by atoms with Gasteiger partial charge >= 0.3 is 0 Å². The summed E-state index contributed by atoms with van der Waals surface area (Å²) in [5.74, 6) is -1.83. The lowest BCUT2D eigenvalue weighted by atomic mass is 9.86. The molecule has 0 N–H and O–H groups in total. The average molecular weight is 453 g/mol. The molecule has 0 aliphatic carbocycles. The van der Waals surface area contributed by atoms with Gasteiger partial charge in [-0.05, 0) is 18.2 Å². The van der Waals surface area contributed by atoms with Gasteiger partial charge in [0.2, 0.25) is 5.78 Å². The number of carbonyl (C=O) groups is 3. The molecule has 2 aliphatic heterocycles. The third-order valence-electron chi connectivity index (χ3n) is 6.26. The van der Waals surface area contributed by atoms with Crippen molar-refractivity contribution in [3.63, 3.8) is 0 Å². The van der Waals surface area contributed by atoms with Crippen molar-refractivity contribution in [2.24, 2.45) is 5.92 Å². The van der Waals surface area contributed by atoms with Gasteiger partial charge in [-0.15, -0.1) is 0 Å². The molecule has 2 fully saturated rings. The van der Waals surface area contributed by atoms with Gasteiger partial charge in [0.15, 0.2) is 5.78 Å². The molecule has 2 aliphatic rings. The van der Waals surface area contributed by atoms with Crippen LogP contribution in [0.1, 0.15) is 22.0 Å². The lowest BCUT2D eigenvalue weighted by Crippen LogP contribution is -2.43. The van der Waals surface area contributed by atoms with Crippen molar-refractivity contribution in [3.05, 3.63) is 59.7 Å². The van der Waals surface area contributed by atoms with Gasteiger partial charge in [-0.25, -0.2) is 0 Å². The topological polar surface area (TPSA) is 85.4 Å². The maximum atomic E-state index is 13.5. The van der Waals surface area contributed by atoms with Gasteiger partial charge in [0, 0.05) is 37.3 Å². The van der Waals surface area contributed by atoms with Crippen molar-refractivity contribution in [3.8, 4) is 11.5 Å². The Morgan fingerprint density at radius 1 is 1.00 bits per heavy atom. The third-order valence-corrected chi connectivity index (χ3v) is 6.26. The summed E-state index contributed by atoms with van der Waals surface area (Å²) < 4.78 is 16.4. The van der Waals surface area contributed by atoms with E-state index in [0.29, 0.717) is 48.9 Å². The van der Waals surface area contributed by atoms with Crippen molar-refractivity contribution in [1.82, 2.24) is 9.80 Å². The number of ketones is 2. The van der Waals surface area contributed by atoms with Crippen LogP contribution in [0.2, 0.25) is 0 Å². The second-order valence-corrected chi connectivity index (χ2v) is 8.08. The summed E-state index contributed by atoms with van der Waals surface area (Å²) in [6, 6.07) is 13.0. The molecule has 0 aromatic heterocycles. The molecule has 8 heteroatoms. The molecule has 2 heterocycles. The highest BCUT2D eigenvalue weighted by atomic mass is 16.5. The first-order valence-electron chi connectivity index (χ1n) is 11.0. The molecular weight excluding hydrogens is 424 g/mol. The number of hydrogen-bond donors (Lipinski definition) is 0. The van der Waals surface area contributed by atoms with E-state index in [0.717, 1.165) is 13.1 Å². The minimum Gasteiger partial charge on any atom is -0.497 e. The van der Waals surface area contributed by atoms with E-state index in [1.54, 1.807) is 55.6 Å². The predicted molar refractivity (Wildman–Crippen MR) is 121 cm³/mol. The molecule has 0 spiro atoms. The van der Waals surface area contributed by atoms with Gasteiger partial charge in [-0.2, -0.15) is 0 Å². The molecule has 2 unspecified atom stereocenters. The lowest BCUT2D eigenvalue weighted by molar-refractivity contribution is -0.141. The quantitative estimate of drug-likeness (QED) is 0.344. The number of hydrogen-bond acceptors (Lipinski definition) is 7. The summed E-state index contributed by atoms with van der Waals surface area (Å²) in [7, 11) is 3.06. The summed E-state index contributed by atoms with van der Waals surface area (Å²) in [5.41, 5.74) is 0.970. The zero-order valence-electron chi connectivity index (χ0n) is 18.9. The van der Waals surface area contributed by atoms with Crippen LogP contribution < -0.4 is 9.47 Å². The second-order valence-electron chi connectivity index (χ2n) is 8.08. The molecule has 33 heavy (non-hydrogen) atoms. The highest BCUT2D eigenvalue weighted by molar-refractivity contribution is 6.44. The number of amides is 1. The SMILES string of the molecule is COc1ccc(OC)c(C2C(C(=O)c3ccccc3)C(=O)C(=O)N2CCN2CCOCC2)c1. The van der Waals surface area contributed by atoms with E-state index in [1.165, 1.54) is 12.0 Å². The van der Waals surface area contributed by atoms with Crippen LogP contribution in [0.5, 0.6) is 11.5 Å². The zero-order valence-corrected chi connectivity index (χ0v) is 18.9. The first kappa shape index (κ1) is 22.9. The van der Waals surface area contributed by atoms with Crippen LogP contribution in [0, 0.1) is 5.92 Å². The molecule has 1 amide bonds. The van der Waals surface area contributed by atoms with Crippen molar-refractivity contribution in [2.75, 3.05) is 53.6 Å². The fourth-order valence-corrected chi connectivity index (χ4v) is 4.50. The number of methoxy groups -OCH3 is 2. The minimum absolute atomic E-state index is 0.314. The van der Waals surface area contributed by atoms with Crippen molar-refractivity contribution in [1.29, 1.82) is 0 Å². The number of benzene rings is 2. The minimum atomic E-state index is -1.16. The van der Waals surface area contributed by atoms with Gasteiger partial charge in [0.1, 0.15) is 17.4 Å². The summed E-state index contributed by atoms with van der Waals surface area (Å²) >= 11 is 0. The number of carbonyl (C=O) groups excluding carboxylic acids is 3. The summed E-state index contributed by atoms with van der Waals surface area (Å²) in [6.45, 7) is 3.68.